The number of nitrogens with one attached hydrogen (secondary N) is 1. The van der Waals surface area contributed by atoms with Crippen molar-refractivity contribution >= 4 is 39.4 Å². The van der Waals surface area contributed by atoms with Crippen LogP contribution in [-0.2, 0) is 14.8 Å². The van der Waals surface area contributed by atoms with Gasteiger partial charge in [0.2, 0.25) is 10.0 Å². The van der Waals surface area contributed by atoms with Gasteiger partial charge < -0.3 is 4.74 Å². The first kappa shape index (κ1) is 23.3. The second kappa shape index (κ2) is 10.3. The predicted molar refractivity (Wildman–Crippen MR) is 127 cm³/mol. The summed E-state index contributed by atoms with van der Waals surface area (Å²) in [7, 11) is -3.75. The van der Waals surface area contributed by atoms with Crippen LogP contribution >= 0.6 is 11.6 Å². The van der Waals surface area contributed by atoms with Crippen LogP contribution in [0.25, 0.3) is 0 Å². The van der Waals surface area contributed by atoms with Crippen molar-refractivity contribution in [2.75, 3.05) is 10.6 Å². The number of carbonyl (C=O) groups is 1. The fraction of sp³-hybridized carbons (Fsp3) is 0.130. The Labute approximate surface area is 192 Å². The lowest BCUT2D eigenvalue weighted by Gasteiger charge is -2.27. The zero-order valence-corrected chi connectivity index (χ0v) is 19.0. The lowest BCUT2D eigenvalue weighted by atomic mass is 10.2. The number of nitrogens with zero attached hydrogens (tertiary/aromatic N) is 2. The Morgan fingerprint density at radius 2 is 1.69 bits per heavy atom. The minimum atomic E-state index is -3.75. The minimum absolute atomic E-state index is 0.328. The van der Waals surface area contributed by atoms with Gasteiger partial charge in [-0.3, -0.25) is 9.10 Å². The van der Waals surface area contributed by atoms with Gasteiger partial charge in [-0.2, -0.15) is 5.10 Å². The molecule has 0 saturated carbocycles. The molecule has 3 aromatic carbocycles. The monoisotopic (exact) mass is 471 g/mol. The maximum Gasteiger partial charge on any atom is 0.263 e. The van der Waals surface area contributed by atoms with Gasteiger partial charge in [0.1, 0.15) is 17.5 Å². The standard InChI is InChI=1S/C23H22ClN3O4S/c1-17(23(28)26-25-16-18-7-6-8-19(24)15-18)27(32(2,29)30)20-11-13-22(14-12-20)31-21-9-4-3-5-10-21/h3-17H,1-2H3,(H,26,28)/b25-16-/t17-/m1/s1. The van der Waals surface area contributed by atoms with Crippen LogP contribution in [0, 0.1) is 0 Å². The van der Waals surface area contributed by atoms with Crippen molar-refractivity contribution in [2.45, 2.75) is 13.0 Å². The van der Waals surface area contributed by atoms with Crippen LogP contribution in [0.1, 0.15) is 12.5 Å². The van der Waals surface area contributed by atoms with E-state index >= 15 is 0 Å². The molecular weight excluding hydrogens is 450 g/mol. The second-order valence-electron chi connectivity index (χ2n) is 6.93. The Kier molecular flexibility index (Phi) is 7.50. The summed E-state index contributed by atoms with van der Waals surface area (Å²) in [4.78, 5) is 12.6. The molecule has 0 aliphatic carbocycles. The molecule has 0 bridgehead atoms. The van der Waals surface area contributed by atoms with E-state index in [2.05, 4.69) is 10.5 Å². The Bertz CT molecular complexity index is 1200. The summed E-state index contributed by atoms with van der Waals surface area (Å²) in [6, 6.07) is 21.5. The van der Waals surface area contributed by atoms with Gasteiger partial charge in [0, 0.05) is 5.02 Å². The van der Waals surface area contributed by atoms with Crippen LogP contribution in [0.2, 0.25) is 5.02 Å². The lowest BCUT2D eigenvalue weighted by molar-refractivity contribution is -0.121. The first-order valence-corrected chi connectivity index (χ1v) is 11.9. The number of amides is 1. The fourth-order valence-electron chi connectivity index (χ4n) is 2.95. The van der Waals surface area contributed by atoms with Crippen LogP contribution in [0.4, 0.5) is 5.69 Å². The molecule has 0 aliphatic rings. The number of para-hydroxylation sites is 1. The highest BCUT2D eigenvalue weighted by Gasteiger charge is 2.29. The maximum absolute atomic E-state index is 12.6. The number of carbonyl (C=O) groups excluding carboxylic acids is 1. The number of hydrazone groups is 1. The normalized spacial score (nSPS) is 12.3. The molecule has 0 aliphatic heterocycles. The van der Waals surface area contributed by atoms with E-state index < -0.39 is 22.0 Å². The van der Waals surface area contributed by atoms with Crippen LogP contribution in [0.15, 0.2) is 84.0 Å². The Balaban J connectivity index is 1.73. The molecule has 3 rings (SSSR count). The SMILES string of the molecule is C[C@H](C(=O)N/N=C\c1cccc(Cl)c1)N(c1ccc(Oc2ccccc2)cc1)S(C)(=O)=O. The number of benzene rings is 3. The van der Waals surface area contributed by atoms with Gasteiger partial charge in [-0.1, -0.05) is 41.9 Å². The van der Waals surface area contributed by atoms with Crippen molar-refractivity contribution in [3.63, 3.8) is 0 Å². The Hall–Kier alpha value is -3.36. The highest BCUT2D eigenvalue weighted by molar-refractivity contribution is 7.92. The third-order valence-corrected chi connectivity index (χ3v) is 5.87. The van der Waals surface area contributed by atoms with E-state index in [9.17, 15) is 13.2 Å². The Morgan fingerprint density at radius 1 is 1.03 bits per heavy atom. The number of hydrogen-bond donors (Lipinski definition) is 1. The topological polar surface area (TPSA) is 88.1 Å². The van der Waals surface area contributed by atoms with Crippen molar-refractivity contribution in [3.8, 4) is 11.5 Å². The number of hydrogen-bond acceptors (Lipinski definition) is 5. The zero-order valence-electron chi connectivity index (χ0n) is 17.5. The van der Waals surface area contributed by atoms with E-state index in [0.29, 0.717) is 27.8 Å². The summed E-state index contributed by atoms with van der Waals surface area (Å²) < 4.78 is 31.7. The number of anilines is 1. The highest BCUT2D eigenvalue weighted by Crippen LogP contribution is 2.26. The number of ether oxygens (including phenoxy) is 1. The van der Waals surface area contributed by atoms with Crippen molar-refractivity contribution in [1.29, 1.82) is 0 Å². The van der Waals surface area contributed by atoms with Gasteiger partial charge in [0.15, 0.2) is 0 Å². The first-order chi connectivity index (χ1) is 15.2. The molecule has 1 N–H and O–H groups in total. The molecule has 1 atom stereocenters. The van der Waals surface area contributed by atoms with Crippen molar-refractivity contribution in [3.05, 3.63) is 89.4 Å². The smallest absolute Gasteiger partial charge is 0.263 e. The largest absolute Gasteiger partial charge is 0.457 e. The molecule has 0 unspecified atom stereocenters. The van der Waals surface area contributed by atoms with E-state index in [1.165, 1.54) is 13.1 Å². The summed E-state index contributed by atoms with van der Waals surface area (Å²) in [6.07, 6.45) is 2.47. The van der Waals surface area contributed by atoms with E-state index in [0.717, 1.165) is 10.6 Å². The second-order valence-corrected chi connectivity index (χ2v) is 9.23. The summed E-state index contributed by atoms with van der Waals surface area (Å²) in [5.41, 5.74) is 3.40. The van der Waals surface area contributed by atoms with Gasteiger partial charge >= 0.3 is 0 Å². The summed E-state index contributed by atoms with van der Waals surface area (Å²) >= 11 is 5.92. The number of halogens is 1. The molecule has 0 heterocycles. The van der Waals surface area contributed by atoms with E-state index in [1.807, 2.05) is 30.3 Å². The Morgan fingerprint density at radius 3 is 2.31 bits per heavy atom. The van der Waals surface area contributed by atoms with Crippen LogP contribution in [0.5, 0.6) is 11.5 Å². The lowest BCUT2D eigenvalue weighted by Crippen LogP contribution is -2.46. The molecule has 3 aromatic rings. The molecule has 0 saturated heterocycles. The van der Waals surface area contributed by atoms with Crippen LogP contribution < -0.4 is 14.5 Å². The van der Waals surface area contributed by atoms with E-state index in [4.69, 9.17) is 16.3 Å². The summed E-state index contributed by atoms with van der Waals surface area (Å²) in [6.45, 7) is 1.49. The van der Waals surface area contributed by atoms with Gasteiger partial charge in [-0.05, 0) is 61.0 Å². The molecule has 0 radical (unpaired) electrons. The molecule has 0 fully saturated rings. The van der Waals surface area contributed by atoms with Gasteiger partial charge in [-0.25, -0.2) is 13.8 Å². The van der Waals surface area contributed by atoms with Crippen molar-refractivity contribution < 1.29 is 17.9 Å². The van der Waals surface area contributed by atoms with Crippen molar-refractivity contribution in [1.82, 2.24) is 5.43 Å². The summed E-state index contributed by atoms with van der Waals surface area (Å²) in [5, 5.41) is 4.44. The quantitative estimate of drug-likeness (QED) is 0.388. The van der Waals surface area contributed by atoms with Crippen LogP contribution in [-0.4, -0.2) is 32.8 Å². The molecule has 9 heteroatoms. The maximum atomic E-state index is 12.6. The fourth-order valence-corrected chi connectivity index (χ4v) is 4.32. The van der Waals surface area contributed by atoms with Gasteiger partial charge in [0.05, 0.1) is 18.2 Å². The van der Waals surface area contributed by atoms with Crippen molar-refractivity contribution in [2.24, 2.45) is 5.10 Å². The highest BCUT2D eigenvalue weighted by atomic mass is 35.5. The first-order valence-electron chi connectivity index (χ1n) is 9.65. The number of sulfonamides is 1. The summed E-state index contributed by atoms with van der Waals surface area (Å²) in [5.74, 6) is 0.612. The van der Waals surface area contributed by atoms with E-state index in [1.54, 1.807) is 48.5 Å². The van der Waals surface area contributed by atoms with Crippen LogP contribution in [0.3, 0.4) is 0 Å². The third-order valence-electron chi connectivity index (χ3n) is 4.40. The molecule has 166 valence electrons. The number of rotatable bonds is 8. The molecule has 32 heavy (non-hydrogen) atoms. The molecule has 0 spiro atoms. The minimum Gasteiger partial charge on any atom is -0.457 e. The van der Waals surface area contributed by atoms with E-state index in [-0.39, 0.29) is 0 Å². The average Bonchev–Trinajstić information content (AvgIpc) is 2.75. The predicted octanol–water partition coefficient (Wildman–Crippen LogP) is 4.44. The average molecular weight is 472 g/mol. The molecule has 1 amide bonds. The molecular formula is C23H22ClN3O4S. The van der Waals surface area contributed by atoms with Gasteiger partial charge in [0.25, 0.3) is 5.91 Å². The third kappa shape index (κ3) is 6.32. The zero-order chi connectivity index (χ0) is 23.1. The van der Waals surface area contributed by atoms with Gasteiger partial charge in [-0.15, -0.1) is 0 Å². The molecule has 0 aromatic heterocycles. The molecule has 7 nitrogen and oxygen atoms in total.